The Balaban J connectivity index is 4.40. The van der Waals surface area contributed by atoms with Gasteiger partial charge in [-0.1, -0.05) is 32.6 Å². The minimum Gasteiger partial charge on any atom is -0.390 e. The van der Waals surface area contributed by atoms with Crippen LogP contribution in [-0.2, 0) is 0 Å². The van der Waals surface area contributed by atoms with Crippen LogP contribution in [0.4, 0.5) is 0 Å². The molecule has 0 aromatic rings. The maximum atomic E-state index is 10.00. The fraction of sp³-hybridized carbons (Fsp3) is 0.857. The first-order chi connectivity index (χ1) is 7.02. The highest BCUT2D eigenvalue weighted by Gasteiger charge is 2.27. The SMILES string of the molecule is CC(C)CC(C)C#CC(C)(O)CC(C)(C)O. The van der Waals surface area contributed by atoms with Gasteiger partial charge >= 0.3 is 0 Å². The highest BCUT2D eigenvalue weighted by molar-refractivity contribution is 5.14. The highest BCUT2D eigenvalue weighted by atomic mass is 16.3. The molecule has 0 rings (SSSR count). The lowest BCUT2D eigenvalue weighted by atomic mass is 9.90. The molecular weight excluding hydrogens is 200 g/mol. The van der Waals surface area contributed by atoms with Gasteiger partial charge in [-0.05, 0) is 33.1 Å². The van der Waals surface area contributed by atoms with Crippen molar-refractivity contribution in [2.24, 2.45) is 11.8 Å². The van der Waals surface area contributed by atoms with Crippen molar-refractivity contribution >= 4 is 0 Å². The molecular formula is C14H26O2. The third-order valence-corrected chi connectivity index (χ3v) is 2.19. The molecule has 0 fully saturated rings. The fourth-order valence-electron chi connectivity index (χ4n) is 1.93. The van der Waals surface area contributed by atoms with Gasteiger partial charge in [-0.3, -0.25) is 0 Å². The summed E-state index contributed by atoms with van der Waals surface area (Å²) in [5, 5.41) is 19.6. The summed E-state index contributed by atoms with van der Waals surface area (Å²) >= 11 is 0. The summed E-state index contributed by atoms with van der Waals surface area (Å²) < 4.78 is 0. The maximum Gasteiger partial charge on any atom is 0.125 e. The molecule has 0 aromatic carbocycles. The van der Waals surface area contributed by atoms with E-state index < -0.39 is 11.2 Å². The van der Waals surface area contributed by atoms with Crippen molar-refractivity contribution in [2.45, 2.75) is 65.6 Å². The molecule has 2 atom stereocenters. The van der Waals surface area contributed by atoms with E-state index in [1.54, 1.807) is 20.8 Å². The predicted octanol–water partition coefficient (Wildman–Crippen LogP) is 2.58. The largest absolute Gasteiger partial charge is 0.390 e. The molecule has 0 aromatic heterocycles. The molecule has 0 saturated carbocycles. The van der Waals surface area contributed by atoms with Crippen LogP contribution in [0.2, 0.25) is 0 Å². The minimum absolute atomic E-state index is 0.265. The van der Waals surface area contributed by atoms with E-state index in [1.807, 2.05) is 0 Å². The minimum atomic E-state index is -1.11. The van der Waals surface area contributed by atoms with Gasteiger partial charge in [-0.25, -0.2) is 0 Å². The Kier molecular flexibility index (Phi) is 5.52. The molecule has 0 aliphatic carbocycles. The number of aliphatic hydroxyl groups is 2. The molecule has 2 nitrogen and oxygen atoms in total. The predicted molar refractivity (Wildman–Crippen MR) is 67.9 cm³/mol. The Bertz CT molecular complexity index is 261. The van der Waals surface area contributed by atoms with E-state index in [-0.39, 0.29) is 12.3 Å². The van der Waals surface area contributed by atoms with Crippen LogP contribution in [0.15, 0.2) is 0 Å². The zero-order valence-corrected chi connectivity index (χ0v) is 11.5. The van der Waals surface area contributed by atoms with Gasteiger partial charge in [0, 0.05) is 12.3 Å². The third kappa shape index (κ3) is 8.76. The topological polar surface area (TPSA) is 40.5 Å². The van der Waals surface area contributed by atoms with Crippen LogP contribution in [0.3, 0.4) is 0 Å². The molecule has 16 heavy (non-hydrogen) atoms. The van der Waals surface area contributed by atoms with Crippen LogP contribution in [0.1, 0.15) is 54.4 Å². The zero-order chi connectivity index (χ0) is 13.0. The normalized spacial score (nSPS) is 17.6. The van der Waals surface area contributed by atoms with Gasteiger partial charge in [-0.15, -0.1) is 0 Å². The van der Waals surface area contributed by atoms with Crippen LogP contribution in [0, 0.1) is 23.7 Å². The lowest BCUT2D eigenvalue weighted by Crippen LogP contribution is -2.34. The zero-order valence-electron chi connectivity index (χ0n) is 11.5. The van der Waals surface area contributed by atoms with Crippen LogP contribution in [-0.4, -0.2) is 21.4 Å². The summed E-state index contributed by atoms with van der Waals surface area (Å²) in [5.74, 6) is 6.83. The number of rotatable bonds is 4. The Hall–Kier alpha value is -0.520. The maximum absolute atomic E-state index is 10.00. The van der Waals surface area contributed by atoms with Crippen LogP contribution in [0.25, 0.3) is 0 Å². The Labute approximate surface area is 100 Å². The van der Waals surface area contributed by atoms with Gasteiger partial charge in [0.2, 0.25) is 0 Å². The number of hydrogen-bond donors (Lipinski definition) is 2. The average Bonchev–Trinajstić information content (AvgIpc) is 1.95. The lowest BCUT2D eigenvalue weighted by Gasteiger charge is -2.25. The van der Waals surface area contributed by atoms with Gasteiger partial charge in [0.1, 0.15) is 5.60 Å². The van der Waals surface area contributed by atoms with E-state index in [1.165, 1.54) is 0 Å². The molecule has 0 saturated heterocycles. The second kappa shape index (κ2) is 5.70. The van der Waals surface area contributed by atoms with E-state index >= 15 is 0 Å². The smallest absolute Gasteiger partial charge is 0.125 e. The number of hydrogen-bond acceptors (Lipinski definition) is 2. The second-order valence-corrected chi connectivity index (χ2v) is 6.06. The van der Waals surface area contributed by atoms with Gasteiger partial charge < -0.3 is 10.2 Å². The van der Waals surface area contributed by atoms with E-state index in [2.05, 4.69) is 32.6 Å². The van der Waals surface area contributed by atoms with E-state index in [4.69, 9.17) is 0 Å². The van der Waals surface area contributed by atoms with Crippen LogP contribution < -0.4 is 0 Å². The van der Waals surface area contributed by atoms with E-state index in [9.17, 15) is 10.2 Å². The fourth-order valence-corrected chi connectivity index (χ4v) is 1.93. The second-order valence-electron chi connectivity index (χ2n) is 6.06. The molecule has 94 valence electrons. The Morgan fingerprint density at radius 1 is 1.06 bits per heavy atom. The van der Waals surface area contributed by atoms with Crippen molar-refractivity contribution in [3.8, 4) is 11.8 Å². The first-order valence-electron chi connectivity index (χ1n) is 5.99. The quantitative estimate of drug-likeness (QED) is 0.723. The summed E-state index contributed by atoms with van der Waals surface area (Å²) in [6, 6.07) is 0. The molecule has 2 N–H and O–H groups in total. The van der Waals surface area contributed by atoms with Gasteiger partial charge in [-0.2, -0.15) is 0 Å². The molecule has 0 radical (unpaired) electrons. The van der Waals surface area contributed by atoms with Crippen molar-refractivity contribution in [2.75, 3.05) is 0 Å². The van der Waals surface area contributed by atoms with Crippen LogP contribution in [0.5, 0.6) is 0 Å². The molecule has 0 bridgehead atoms. The van der Waals surface area contributed by atoms with Gasteiger partial charge in [0.15, 0.2) is 0 Å². The molecule has 0 aliphatic rings. The Morgan fingerprint density at radius 2 is 1.56 bits per heavy atom. The van der Waals surface area contributed by atoms with Gasteiger partial charge in [0.25, 0.3) is 0 Å². The molecule has 0 spiro atoms. The third-order valence-electron chi connectivity index (χ3n) is 2.19. The van der Waals surface area contributed by atoms with Crippen molar-refractivity contribution in [1.82, 2.24) is 0 Å². The highest BCUT2D eigenvalue weighted by Crippen LogP contribution is 2.19. The molecule has 0 heterocycles. The average molecular weight is 226 g/mol. The van der Waals surface area contributed by atoms with E-state index in [0.29, 0.717) is 5.92 Å². The standard InChI is InChI=1S/C14H26O2/c1-11(2)9-12(3)7-8-14(6,16)10-13(4,5)15/h11-12,15-16H,9-10H2,1-6H3. The molecule has 0 amide bonds. The molecule has 2 heteroatoms. The summed E-state index contributed by atoms with van der Waals surface area (Å²) in [7, 11) is 0. The molecule has 0 aliphatic heterocycles. The van der Waals surface area contributed by atoms with E-state index in [0.717, 1.165) is 6.42 Å². The van der Waals surface area contributed by atoms with Crippen molar-refractivity contribution < 1.29 is 10.2 Å². The first kappa shape index (κ1) is 15.5. The summed E-state index contributed by atoms with van der Waals surface area (Å²) in [5.41, 5.74) is -2.00. The van der Waals surface area contributed by atoms with Crippen molar-refractivity contribution in [3.05, 3.63) is 0 Å². The van der Waals surface area contributed by atoms with Gasteiger partial charge in [0.05, 0.1) is 5.60 Å². The summed E-state index contributed by atoms with van der Waals surface area (Å²) in [6.07, 6.45) is 1.30. The summed E-state index contributed by atoms with van der Waals surface area (Å²) in [4.78, 5) is 0. The van der Waals surface area contributed by atoms with Crippen molar-refractivity contribution in [3.63, 3.8) is 0 Å². The molecule has 2 unspecified atom stereocenters. The lowest BCUT2D eigenvalue weighted by molar-refractivity contribution is -0.00428. The monoisotopic (exact) mass is 226 g/mol. The van der Waals surface area contributed by atoms with Crippen LogP contribution >= 0.6 is 0 Å². The first-order valence-corrected chi connectivity index (χ1v) is 5.99. The summed E-state index contributed by atoms with van der Waals surface area (Å²) in [6.45, 7) is 11.4. The Morgan fingerprint density at radius 3 is 1.94 bits per heavy atom. The van der Waals surface area contributed by atoms with Crippen molar-refractivity contribution in [1.29, 1.82) is 0 Å².